The lowest BCUT2D eigenvalue weighted by molar-refractivity contribution is 0.0688. The van der Waals surface area contributed by atoms with Gasteiger partial charge in [0, 0.05) is 11.6 Å². The van der Waals surface area contributed by atoms with Crippen LogP contribution in [0.3, 0.4) is 0 Å². The zero-order valence-corrected chi connectivity index (χ0v) is 24.2. The number of carbonyl (C=O) groups is 1. The average molecular weight is 589 g/mol. The number of benzene rings is 3. The molecule has 0 bridgehead atoms. The zero-order chi connectivity index (χ0) is 29.1. The highest BCUT2D eigenvalue weighted by Gasteiger charge is 2.31. The van der Waals surface area contributed by atoms with E-state index in [4.69, 9.17) is 13.1 Å². The van der Waals surface area contributed by atoms with Crippen LogP contribution < -0.4 is 13.1 Å². The topological polar surface area (TPSA) is 133 Å². The van der Waals surface area contributed by atoms with Crippen molar-refractivity contribution in [3.05, 3.63) is 76.9 Å². The van der Waals surface area contributed by atoms with Crippen LogP contribution in [-0.2, 0) is 20.2 Å². The molecule has 1 saturated carbocycles. The third-order valence-corrected chi connectivity index (χ3v) is 9.36. The summed E-state index contributed by atoms with van der Waals surface area (Å²) in [5.41, 5.74) is 1.21. The quantitative estimate of drug-likeness (QED) is 0.292. The van der Waals surface area contributed by atoms with E-state index in [1.54, 1.807) is 38.1 Å². The lowest BCUT2D eigenvalue weighted by Gasteiger charge is -2.24. The van der Waals surface area contributed by atoms with Crippen LogP contribution in [0.1, 0.15) is 59.2 Å². The van der Waals surface area contributed by atoms with Gasteiger partial charge in [-0.15, -0.1) is 0 Å². The molecule has 0 unspecified atom stereocenters. The molecule has 0 amide bonds. The molecule has 3 aromatic carbocycles. The van der Waals surface area contributed by atoms with Gasteiger partial charge in [0.25, 0.3) is 0 Å². The lowest BCUT2D eigenvalue weighted by atomic mass is 9.90. The summed E-state index contributed by atoms with van der Waals surface area (Å²) in [5, 5.41) is 10.1. The smallest absolute Gasteiger partial charge is 0.343 e. The molecule has 1 fully saturated rings. The summed E-state index contributed by atoms with van der Waals surface area (Å²) in [6.07, 6.45) is 4.99. The largest absolute Gasteiger partial charge is 0.492 e. The Labute approximate surface area is 235 Å². The van der Waals surface area contributed by atoms with E-state index in [1.165, 1.54) is 31.2 Å². The Morgan fingerprint density at radius 3 is 1.73 bits per heavy atom. The predicted octanol–water partition coefficient (Wildman–Crippen LogP) is 5.80. The van der Waals surface area contributed by atoms with Crippen LogP contribution in [0.4, 0.5) is 0 Å². The van der Waals surface area contributed by atoms with Gasteiger partial charge in [-0.2, -0.15) is 16.8 Å². The Kier molecular flexibility index (Phi) is 8.74. The highest BCUT2D eigenvalue weighted by Crippen LogP contribution is 2.42. The van der Waals surface area contributed by atoms with Crippen molar-refractivity contribution >= 4 is 26.2 Å². The van der Waals surface area contributed by atoms with Gasteiger partial charge in [-0.1, -0.05) is 54.7 Å². The molecule has 11 heteroatoms. The molecular weight excluding hydrogens is 556 g/mol. The molecule has 3 aromatic rings. The maximum atomic E-state index is 13.1. The third kappa shape index (κ3) is 6.76. The summed E-state index contributed by atoms with van der Waals surface area (Å²) in [7, 11) is -8.86. The van der Waals surface area contributed by atoms with Gasteiger partial charge in [-0.05, 0) is 63.8 Å². The molecule has 0 aliphatic heterocycles. The fourth-order valence-electron chi connectivity index (χ4n) is 4.54. The first-order valence-corrected chi connectivity index (χ1v) is 15.7. The van der Waals surface area contributed by atoms with Gasteiger partial charge in [0.2, 0.25) is 0 Å². The standard InChI is InChI=1S/C29H32O9S2/c1-19-9-13-23(14-10-19)39(32,33)37-25-17-26(38-40(34,35)24-15-11-20(2)12-16-24)27(29(30)31)28(21(25)3)36-18-22-7-5-4-6-8-22/h9-17,22H,4-8,18H2,1-3H3,(H,30,31). The SMILES string of the molecule is Cc1ccc(S(=O)(=O)Oc2cc(OS(=O)(=O)c3ccc(C)cc3)c(C(=O)O)c(OCC3CCCCC3)c2C)cc1. The van der Waals surface area contributed by atoms with Crippen LogP contribution in [0.15, 0.2) is 64.4 Å². The second-order valence-electron chi connectivity index (χ2n) is 10.0. The molecule has 0 spiro atoms. The number of hydrogen-bond donors (Lipinski definition) is 1. The number of ether oxygens (including phenoxy) is 1. The Balaban J connectivity index is 1.81. The molecule has 0 heterocycles. The van der Waals surface area contributed by atoms with E-state index >= 15 is 0 Å². The third-order valence-electron chi connectivity index (χ3n) is 6.87. The molecule has 214 valence electrons. The number of carboxylic acids is 1. The van der Waals surface area contributed by atoms with Crippen LogP contribution in [0.5, 0.6) is 17.2 Å². The first-order valence-electron chi connectivity index (χ1n) is 12.9. The predicted molar refractivity (Wildman–Crippen MR) is 148 cm³/mol. The Bertz CT molecular complexity index is 1590. The Morgan fingerprint density at radius 2 is 1.25 bits per heavy atom. The van der Waals surface area contributed by atoms with E-state index in [1.807, 2.05) is 0 Å². The van der Waals surface area contributed by atoms with Crippen LogP contribution in [0.2, 0.25) is 0 Å². The van der Waals surface area contributed by atoms with E-state index < -0.39 is 37.5 Å². The summed E-state index contributed by atoms with van der Waals surface area (Å²) < 4.78 is 69.2. The summed E-state index contributed by atoms with van der Waals surface area (Å²) in [6, 6.07) is 12.8. The van der Waals surface area contributed by atoms with E-state index in [0.29, 0.717) is 0 Å². The molecule has 1 aliphatic carbocycles. The van der Waals surface area contributed by atoms with Gasteiger partial charge < -0.3 is 18.2 Å². The summed E-state index contributed by atoms with van der Waals surface area (Å²) in [6.45, 7) is 5.23. The van der Waals surface area contributed by atoms with Crippen LogP contribution in [-0.4, -0.2) is 34.5 Å². The minimum atomic E-state index is -4.49. The average Bonchev–Trinajstić information content (AvgIpc) is 2.90. The molecular formula is C29H32O9S2. The summed E-state index contributed by atoms with van der Waals surface area (Å²) in [5.74, 6) is -2.45. The highest BCUT2D eigenvalue weighted by molar-refractivity contribution is 7.87. The van der Waals surface area contributed by atoms with Crippen LogP contribution in [0, 0.1) is 26.7 Å². The van der Waals surface area contributed by atoms with Gasteiger partial charge in [0.05, 0.1) is 6.61 Å². The molecule has 1 aliphatic rings. The monoisotopic (exact) mass is 588 g/mol. The lowest BCUT2D eigenvalue weighted by Crippen LogP contribution is -2.19. The molecule has 4 rings (SSSR count). The zero-order valence-electron chi connectivity index (χ0n) is 22.5. The minimum Gasteiger partial charge on any atom is -0.492 e. The van der Waals surface area contributed by atoms with Crippen molar-refractivity contribution in [3.8, 4) is 17.2 Å². The first-order chi connectivity index (χ1) is 18.9. The Morgan fingerprint density at radius 1 is 0.775 bits per heavy atom. The normalized spacial score (nSPS) is 14.5. The van der Waals surface area contributed by atoms with Crippen LogP contribution >= 0.6 is 0 Å². The fraction of sp³-hybridized carbons (Fsp3) is 0.345. The van der Waals surface area contributed by atoms with Crippen molar-refractivity contribution in [1.29, 1.82) is 0 Å². The highest BCUT2D eigenvalue weighted by atomic mass is 32.2. The minimum absolute atomic E-state index is 0.0870. The van der Waals surface area contributed by atoms with Crippen molar-refractivity contribution in [2.24, 2.45) is 5.92 Å². The molecule has 9 nitrogen and oxygen atoms in total. The molecule has 40 heavy (non-hydrogen) atoms. The van der Waals surface area contributed by atoms with Gasteiger partial charge in [0.15, 0.2) is 11.5 Å². The van der Waals surface area contributed by atoms with E-state index in [-0.39, 0.29) is 39.4 Å². The van der Waals surface area contributed by atoms with Crippen molar-refractivity contribution < 1.29 is 39.8 Å². The molecule has 1 N–H and O–H groups in total. The van der Waals surface area contributed by atoms with Gasteiger partial charge in [-0.3, -0.25) is 0 Å². The second-order valence-corrected chi connectivity index (χ2v) is 13.1. The van der Waals surface area contributed by atoms with Crippen LogP contribution in [0.25, 0.3) is 0 Å². The van der Waals surface area contributed by atoms with E-state index in [2.05, 4.69) is 0 Å². The fourth-order valence-corrected chi connectivity index (χ4v) is 6.45. The van der Waals surface area contributed by atoms with Gasteiger partial charge in [-0.25, -0.2) is 4.79 Å². The van der Waals surface area contributed by atoms with E-state index in [0.717, 1.165) is 49.3 Å². The maximum absolute atomic E-state index is 13.1. The van der Waals surface area contributed by atoms with E-state index in [9.17, 15) is 26.7 Å². The number of aryl methyl sites for hydroxylation is 2. The summed E-state index contributed by atoms with van der Waals surface area (Å²) in [4.78, 5) is 12.1. The Hall–Kier alpha value is -3.57. The molecule has 0 saturated heterocycles. The number of carboxylic acid groups (broad SMARTS) is 1. The number of aromatic carboxylic acids is 1. The van der Waals surface area contributed by atoms with Crippen molar-refractivity contribution in [3.63, 3.8) is 0 Å². The number of hydrogen-bond acceptors (Lipinski definition) is 8. The molecule has 0 atom stereocenters. The molecule has 0 aromatic heterocycles. The summed E-state index contributed by atoms with van der Waals surface area (Å²) >= 11 is 0. The number of rotatable bonds is 10. The second kappa shape index (κ2) is 11.9. The van der Waals surface area contributed by atoms with Gasteiger partial charge >= 0.3 is 26.2 Å². The van der Waals surface area contributed by atoms with Crippen molar-refractivity contribution in [2.75, 3.05) is 6.61 Å². The first kappa shape index (κ1) is 29.4. The maximum Gasteiger partial charge on any atom is 0.343 e. The molecule has 0 radical (unpaired) electrons. The van der Waals surface area contributed by atoms with Crippen molar-refractivity contribution in [1.82, 2.24) is 0 Å². The van der Waals surface area contributed by atoms with Crippen molar-refractivity contribution in [2.45, 2.75) is 62.7 Å². The van der Waals surface area contributed by atoms with Gasteiger partial charge in [0.1, 0.15) is 21.1 Å².